The van der Waals surface area contributed by atoms with Gasteiger partial charge in [0.1, 0.15) is 11.6 Å². The fraction of sp³-hybridized carbons (Fsp3) is 0.500. The summed E-state index contributed by atoms with van der Waals surface area (Å²) in [7, 11) is 3.80. The highest BCUT2D eigenvalue weighted by atomic mass is 19.1. The van der Waals surface area contributed by atoms with E-state index in [0.29, 0.717) is 5.82 Å². The van der Waals surface area contributed by atoms with Crippen LogP contribution in [0.5, 0.6) is 0 Å². The number of likely N-dealkylation sites (tertiary alicyclic amines) is 1. The van der Waals surface area contributed by atoms with Crippen LogP contribution >= 0.6 is 0 Å². The minimum atomic E-state index is -0.418. The van der Waals surface area contributed by atoms with E-state index in [1.54, 1.807) is 11.9 Å². The van der Waals surface area contributed by atoms with E-state index in [4.69, 9.17) is 0 Å². The van der Waals surface area contributed by atoms with Gasteiger partial charge in [0.25, 0.3) is 0 Å². The van der Waals surface area contributed by atoms with Crippen LogP contribution in [-0.4, -0.2) is 54.0 Å². The molecule has 0 saturated carbocycles. The monoisotopic (exact) mass is 252 g/mol. The molecule has 1 saturated heterocycles. The number of amides is 2. The number of hydrogen-bond acceptors (Lipinski definition) is 3. The van der Waals surface area contributed by atoms with E-state index in [1.807, 2.05) is 7.05 Å². The maximum atomic E-state index is 12.7. The summed E-state index contributed by atoms with van der Waals surface area (Å²) in [5.74, 6) is -0.0571. The molecule has 0 spiro atoms. The predicted octanol–water partition coefficient (Wildman–Crippen LogP) is 1.39. The average molecular weight is 252 g/mol. The zero-order valence-corrected chi connectivity index (χ0v) is 10.6. The van der Waals surface area contributed by atoms with Crippen LogP contribution in [0.2, 0.25) is 0 Å². The Balaban J connectivity index is 1.93. The predicted molar refractivity (Wildman–Crippen MR) is 66.9 cm³/mol. The molecular weight excluding hydrogens is 235 g/mol. The molecule has 5 nitrogen and oxygen atoms in total. The van der Waals surface area contributed by atoms with Crippen molar-refractivity contribution in [1.29, 1.82) is 0 Å². The van der Waals surface area contributed by atoms with Gasteiger partial charge >= 0.3 is 6.03 Å². The summed E-state index contributed by atoms with van der Waals surface area (Å²) < 4.78 is 12.7. The minimum absolute atomic E-state index is 0.214. The van der Waals surface area contributed by atoms with Gasteiger partial charge in [-0.1, -0.05) is 0 Å². The molecule has 6 heteroatoms. The van der Waals surface area contributed by atoms with Crippen LogP contribution in [0.3, 0.4) is 0 Å². The lowest BCUT2D eigenvalue weighted by molar-refractivity contribution is 0.204. The van der Waals surface area contributed by atoms with Crippen LogP contribution in [0.1, 0.15) is 6.42 Å². The number of halogens is 1. The average Bonchev–Trinajstić information content (AvgIpc) is 2.78. The first-order valence-corrected chi connectivity index (χ1v) is 5.90. The number of anilines is 1. The summed E-state index contributed by atoms with van der Waals surface area (Å²) in [6.45, 7) is 1.87. The Hall–Kier alpha value is -1.69. The Morgan fingerprint density at radius 2 is 2.39 bits per heavy atom. The summed E-state index contributed by atoms with van der Waals surface area (Å²) in [6, 6.07) is 2.72. The summed E-state index contributed by atoms with van der Waals surface area (Å²) in [6.07, 6.45) is 2.05. The van der Waals surface area contributed by atoms with E-state index >= 15 is 0 Å². The SMILES string of the molecule is CN1CCC(N(C)C(=O)Nc2ccc(F)cn2)C1. The fourth-order valence-electron chi connectivity index (χ4n) is 2.04. The van der Waals surface area contributed by atoms with E-state index in [1.165, 1.54) is 12.1 Å². The second kappa shape index (κ2) is 5.30. The molecule has 0 bridgehead atoms. The Labute approximate surface area is 106 Å². The molecule has 1 aliphatic heterocycles. The lowest BCUT2D eigenvalue weighted by atomic mass is 10.2. The van der Waals surface area contributed by atoms with Crippen molar-refractivity contribution in [3.05, 3.63) is 24.1 Å². The molecule has 0 aliphatic carbocycles. The molecule has 1 unspecified atom stereocenters. The van der Waals surface area contributed by atoms with Crippen molar-refractivity contribution in [1.82, 2.24) is 14.8 Å². The summed E-state index contributed by atoms with van der Waals surface area (Å²) in [4.78, 5) is 19.6. The number of nitrogens with zero attached hydrogens (tertiary/aromatic N) is 3. The third kappa shape index (κ3) is 2.95. The van der Waals surface area contributed by atoms with Crippen molar-refractivity contribution in [3.8, 4) is 0 Å². The highest BCUT2D eigenvalue weighted by Crippen LogP contribution is 2.13. The number of aromatic nitrogens is 1. The molecule has 1 aliphatic rings. The first-order chi connectivity index (χ1) is 8.56. The standard InChI is InChI=1S/C12H17FN4O/c1-16-6-5-10(8-16)17(2)12(18)15-11-4-3-9(13)7-14-11/h3-4,7,10H,5-6,8H2,1-2H3,(H,14,15,18). The molecular formula is C12H17FN4O. The van der Waals surface area contributed by atoms with Crippen LogP contribution in [0.25, 0.3) is 0 Å². The van der Waals surface area contributed by atoms with Gasteiger partial charge in [0.2, 0.25) is 0 Å². The Morgan fingerprint density at radius 3 is 2.94 bits per heavy atom. The third-order valence-electron chi connectivity index (χ3n) is 3.20. The van der Waals surface area contributed by atoms with Crippen LogP contribution in [0, 0.1) is 5.82 Å². The molecule has 18 heavy (non-hydrogen) atoms. The smallest absolute Gasteiger partial charge is 0.323 e. The zero-order valence-electron chi connectivity index (χ0n) is 10.6. The Bertz CT molecular complexity index is 423. The quantitative estimate of drug-likeness (QED) is 0.865. The molecule has 1 N–H and O–H groups in total. The number of pyridine rings is 1. The normalized spacial score (nSPS) is 19.8. The number of nitrogens with one attached hydrogen (secondary N) is 1. The van der Waals surface area contributed by atoms with Gasteiger partial charge < -0.3 is 9.80 Å². The topological polar surface area (TPSA) is 48.5 Å². The van der Waals surface area contributed by atoms with Crippen LogP contribution in [0.15, 0.2) is 18.3 Å². The van der Waals surface area contributed by atoms with E-state index in [9.17, 15) is 9.18 Å². The number of likely N-dealkylation sites (N-methyl/N-ethyl adjacent to an activating group) is 2. The van der Waals surface area contributed by atoms with Crippen LogP contribution in [0.4, 0.5) is 15.0 Å². The van der Waals surface area contributed by atoms with Crippen LogP contribution in [-0.2, 0) is 0 Å². The molecule has 98 valence electrons. The number of carbonyl (C=O) groups is 1. The molecule has 1 atom stereocenters. The highest BCUT2D eigenvalue weighted by Gasteiger charge is 2.26. The molecule has 2 heterocycles. The van der Waals surface area contributed by atoms with Gasteiger partial charge in [0.15, 0.2) is 0 Å². The van der Waals surface area contributed by atoms with Gasteiger partial charge in [0.05, 0.1) is 6.20 Å². The number of hydrogen-bond donors (Lipinski definition) is 1. The lowest BCUT2D eigenvalue weighted by Crippen LogP contribution is -2.41. The molecule has 0 radical (unpaired) electrons. The van der Waals surface area contributed by atoms with Gasteiger partial charge in [-0.25, -0.2) is 14.2 Å². The van der Waals surface area contributed by atoms with E-state index < -0.39 is 5.82 Å². The molecule has 1 aromatic rings. The van der Waals surface area contributed by atoms with Gasteiger partial charge in [-0.05, 0) is 32.1 Å². The van der Waals surface area contributed by atoms with E-state index in [0.717, 1.165) is 25.7 Å². The first kappa shape index (κ1) is 12.8. The number of carbonyl (C=O) groups excluding carboxylic acids is 1. The lowest BCUT2D eigenvalue weighted by Gasteiger charge is -2.24. The van der Waals surface area contributed by atoms with Crippen molar-refractivity contribution in [2.45, 2.75) is 12.5 Å². The number of rotatable bonds is 2. The highest BCUT2D eigenvalue weighted by molar-refractivity contribution is 5.88. The minimum Gasteiger partial charge on any atom is -0.323 e. The maximum Gasteiger partial charge on any atom is 0.323 e. The van der Waals surface area contributed by atoms with Crippen molar-refractivity contribution < 1.29 is 9.18 Å². The molecule has 0 aromatic carbocycles. The van der Waals surface area contributed by atoms with Gasteiger partial charge in [-0.2, -0.15) is 0 Å². The zero-order chi connectivity index (χ0) is 13.1. The largest absolute Gasteiger partial charge is 0.323 e. The maximum absolute atomic E-state index is 12.7. The van der Waals surface area contributed by atoms with Gasteiger partial charge in [-0.15, -0.1) is 0 Å². The van der Waals surface area contributed by atoms with E-state index in [-0.39, 0.29) is 12.1 Å². The molecule has 1 fully saturated rings. The molecule has 2 rings (SSSR count). The van der Waals surface area contributed by atoms with Crippen molar-refractivity contribution in [2.24, 2.45) is 0 Å². The second-order valence-corrected chi connectivity index (χ2v) is 4.61. The van der Waals surface area contributed by atoms with Crippen LogP contribution < -0.4 is 5.32 Å². The third-order valence-corrected chi connectivity index (χ3v) is 3.20. The molecule has 1 aromatic heterocycles. The summed E-state index contributed by atoms with van der Waals surface area (Å²) in [5, 5.41) is 2.65. The Morgan fingerprint density at radius 1 is 1.61 bits per heavy atom. The fourth-order valence-corrected chi connectivity index (χ4v) is 2.04. The van der Waals surface area contributed by atoms with E-state index in [2.05, 4.69) is 15.2 Å². The first-order valence-electron chi connectivity index (χ1n) is 5.90. The summed E-state index contributed by atoms with van der Waals surface area (Å²) in [5.41, 5.74) is 0. The van der Waals surface area contributed by atoms with Crippen molar-refractivity contribution >= 4 is 11.8 Å². The van der Waals surface area contributed by atoms with Gasteiger partial charge in [0, 0.05) is 19.6 Å². The Kier molecular flexibility index (Phi) is 3.76. The van der Waals surface area contributed by atoms with Gasteiger partial charge in [-0.3, -0.25) is 5.32 Å². The number of urea groups is 1. The summed E-state index contributed by atoms with van der Waals surface area (Å²) >= 11 is 0. The second-order valence-electron chi connectivity index (χ2n) is 4.61. The van der Waals surface area contributed by atoms with Crippen molar-refractivity contribution in [3.63, 3.8) is 0 Å². The molecule has 2 amide bonds. The van der Waals surface area contributed by atoms with Crippen molar-refractivity contribution in [2.75, 3.05) is 32.5 Å².